The van der Waals surface area contributed by atoms with Crippen LogP contribution < -0.4 is 10.2 Å². The van der Waals surface area contributed by atoms with Crippen molar-refractivity contribution >= 4 is 35.0 Å². The van der Waals surface area contributed by atoms with E-state index in [1.54, 1.807) is 29.2 Å². The van der Waals surface area contributed by atoms with Crippen LogP contribution in [0.3, 0.4) is 0 Å². The maximum atomic E-state index is 13.3. The van der Waals surface area contributed by atoms with Crippen LogP contribution in [0.2, 0.25) is 0 Å². The highest BCUT2D eigenvalue weighted by molar-refractivity contribution is 6.23. The third-order valence-electron chi connectivity index (χ3n) is 6.30. The molecule has 1 N–H and O–H groups in total. The lowest BCUT2D eigenvalue weighted by Gasteiger charge is -2.35. The van der Waals surface area contributed by atoms with Crippen molar-refractivity contribution in [2.75, 3.05) is 10.2 Å². The first-order valence-corrected chi connectivity index (χ1v) is 11.0. The fourth-order valence-corrected chi connectivity index (χ4v) is 4.67. The van der Waals surface area contributed by atoms with Gasteiger partial charge >= 0.3 is 0 Å². The van der Waals surface area contributed by atoms with Crippen LogP contribution in [0.15, 0.2) is 24.3 Å². The molecule has 3 aliphatic rings. The molecule has 4 amide bonds. The second-order valence-electron chi connectivity index (χ2n) is 8.68. The van der Waals surface area contributed by atoms with Crippen molar-refractivity contribution in [3.05, 3.63) is 24.3 Å². The smallest absolute Gasteiger partial charge is 0.257 e. The highest BCUT2D eigenvalue weighted by Crippen LogP contribution is 2.37. The molecule has 4 rings (SSSR count). The Kier molecular flexibility index (Phi) is 5.88. The second-order valence-corrected chi connectivity index (χ2v) is 8.68. The number of carbonyl (C=O) groups excluding carboxylic acids is 4. The van der Waals surface area contributed by atoms with Gasteiger partial charge in [0.1, 0.15) is 6.04 Å². The zero-order valence-electron chi connectivity index (χ0n) is 17.4. The molecule has 1 atom stereocenters. The molecular formula is C23H29N3O4. The molecule has 3 fully saturated rings. The van der Waals surface area contributed by atoms with Crippen molar-refractivity contribution in [3.63, 3.8) is 0 Å². The van der Waals surface area contributed by atoms with Crippen LogP contribution in [0.5, 0.6) is 0 Å². The van der Waals surface area contributed by atoms with Crippen molar-refractivity contribution in [2.45, 2.75) is 76.8 Å². The Morgan fingerprint density at radius 1 is 0.967 bits per heavy atom. The van der Waals surface area contributed by atoms with Crippen molar-refractivity contribution < 1.29 is 19.2 Å². The van der Waals surface area contributed by atoms with Crippen LogP contribution in [-0.4, -0.2) is 40.6 Å². The standard InChI is InChI=1S/C23H29N3O4/c1-15(27)24-17-10-12-19(13-11-17)26-21(28)14-20(23(26)30)25(22(29)16-8-9-16)18-6-4-2-3-5-7-18/h10-13,16,18,20H,2-9,14H2,1H3,(H,24,27). The van der Waals surface area contributed by atoms with Crippen LogP contribution in [0.4, 0.5) is 11.4 Å². The molecule has 0 radical (unpaired) electrons. The first-order valence-electron chi connectivity index (χ1n) is 11.0. The molecule has 1 heterocycles. The van der Waals surface area contributed by atoms with E-state index in [2.05, 4.69) is 5.32 Å². The SMILES string of the molecule is CC(=O)Nc1ccc(N2C(=O)CC(N(C(=O)C3CC3)C3CCCCCC3)C2=O)cc1. The predicted molar refractivity (Wildman–Crippen MR) is 113 cm³/mol. The first kappa shape index (κ1) is 20.6. The fourth-order valence-electron chi connectivity index (χ4n) is 4.67. The topological polar surface area (TPSA) is 86.8 Å². The molecule has 7 heteroatoms. The minimum atomic E-state index is -0.705. The van der Waals surface area contributed by atoms with Crippen LogP contribution >= 0.6 is 0 Å². The molecule has 30 heavy (non-hydrogen) atoms. The highest BCUT2D eigenvalue weighted by Gasteiger charge is 2.48. The lowest BCUT2D eigenvalue weighted by molar-refractivity contribution is -0.142. The third-order valence-corrected chi connectivity index (χ3v) is 6.30. The van der Waals surface area contributed by atoms with Crippen LogP contribution in [0.25, 0.3) is 0 Å². The monoisotopic (exact) mass is 411 g/mol. The van der Waals surface area contributed by atoms with Crippen molar-refractivity contribution in [1.82, 2.24) is 4.90 Å². The van der Waals surface area contributed by atoms with Gasteiger partial charge < -0.3 is 10.2 Å². The Labute approximate surface area is 176 Å². The predicted octanol–water partition coefficient (Wildman–Crippen LogP) is 3.24. The average Bonchev–Trinajstić information content (AvgIpc) is 3.53. The Hall–Kier alpha value is -2.70. The molecule has 7 nitrogen and oxygen atoms in total. The van der Waals surface area contributed by atoms with Gasteiger partial charge in [-0.15, -0.1) is 0 Å². The third kappa shape index (κ3) is 4.25. The quantitative estimate of drug-likeness (QED) is 0.595. The maximum absolute atomic E-state index is 13.3. The number of nitrogens with one attached hydrogen (secondary N) is 1. The zero-order valence-corrected chi connectivity index (χ0v) is 17.4. The lowest BCUT2D eigenvalue weighted by atomic mass is 10.0. The second kappa shape index (κ2) is 8.58. The number of anilines is 2. The van der Waals surface area contributed by atoms with Crippen LogP contribution in [0.1, 0.15) is 64.7 Å². The number of rotatable bonds is 5. The summed E-state index contributed by atoms with van der Waals surface area (Å²) in [5.74, 6) is -0.711. The summed E-state index contributed by atoms with van der Waals surface area (Å²) < 4.78 is 0. The summed E-state index contributed by atoms with van der Waals surface area (Å²) in [6.45, 7) is 1.42. The van der Waals surface area contributed by atoms with E-state index in [-0.39, 0.29) is 42.0 Å². The van der Waals surface area contributed by atoms with E-state index in [0.29, 0.717) is 11.4 Å². The van der Waals surface area contributed by atoms with Gasteiger partial charge in [-0.25, -0.2) is 4.90 Å². The van der Waals surface area contributed by atoms with Gasteiger partial charge in [-0.1, -0.05) is 25.7 Å². The lowest BCUT2D eigenvalue weighted by Crippen LogP contribution is -2.51. The van der Waals surface area contributed by atoms with Gasteiger partial charge in [0.25, 0.3) is 5.91 Å². The maximum Gasteiger partial charge on any atom is 0.257 e. The number of carbonyl (C=O) groups is 4. The van der Waals surface area contributed by atoms with Gasteiger partial charge in [0.2, 0.25) is 17.7 Å². The zero-order chi connectivity index (χ0) is 21.3. The Morgan fingerprint density at radius 3 is 2.17 bits per heavy atom. The normalized spacial score (nSPS) is 22.7. The van der Waals surface area contributed by atoms with Gasteiger partial charge in [0, 0.05) is 24.6 Å². The van der Waals surface area contributed by atoms with E-state index < -0.39 is 6.04 Å². The minimum Gasteiger partial charge on any atom is -0.327 e. The summed E-state index contributed by atoms with van der Waals surface area (Å²) in [5, 5.41) is 2.68. The molecule has 1 saturated heterocycles. The molecule has 2 saturated carbocycles. The van der Waals surface area contributed by atoms with Crippen molar-refractivity contribution in [1.29, 1.82) is 0 Å². The van der Waals surface area contributed by atoms with E-state index in [4.69, 9.17) is 0 Å². The van der Waals surface area contributed by atoms with E-state index in [0.717, 1.165) is 51.4 Å². The molecule has 1 aromatic rings. The van der Waals surface area contributed by atoms with Crippen LogP contribution in [0, 0.1) is 5.92 Å². The summed E-state index contributed by atoms with van der Waals surface area (Å²) in [7, 11) is 0. The van der Waals surface area contributed by atoms with E-state index in [9.17, 15) is 19.2 Å². The molecule has 160 valence electrons. The van der Waals surface area contributed by atoms with Gasteiger partial charge in [-0.2, -0.15) is 0 Å². The number of hydrogen-bond acceptors (Lipinski definition) is 4. The summed E-state index contributed by atoms with van der Waals surface area (Å²) in [6, 6.07) is 5.99. The van der Waals surface area contributed by atoms with Gasteiger partial charge in [-0.05, 0) is 49.9 Å². The molecule has 0 bridgehead atoms. The fraction of sp³-hybridized carbons (Fsp3) is 0.565. The number of amides is 4. The highest BCUT2D eigenvalue weighted by atomic mass is 16.2. The molecular weight excluding hydrogens is 382 g/mol. The summed E-state index contributed by atoms with van der Waals surface area (Å²) >= 11 is 0. The van der Waals surface area contributed by atoms with Gasteiger partial charge in [-0.3, -0.25) is 19.2 Å². The summed E-state index contributed by atoms with van der Waals surface area (Å²) in [4.78, 5) is 53.5. The van der Waals surface area contributed by atoms with E-state index >= 15 is 0 Å². The molecule has 0 aromatic heterocycles. The molecule has 0 spiro atoms. The minimum absolute atomic E-state index is 0.0159. The Morgan fingerprint density at radius 2 is 1.60 bits per heavy atom. The van der Waals surface area contributed by atoms with Gasteiger partial charge in [0.05, 0.1) is 12.1 Å². The summed E-state index contributed by atoms with van der Waals surface area (Å²) in [5.41, 5.74) is 1.08. The number of benzene rings is 1. The average molecular weight is 412 g/mol. The Balaban J connectivity index is 1.57. The van der Waals surface area contributed by atoms with Crippen molar-refractivity contribution in [3.8, 4) is 0 Å². The Bertz CT molecular complexity index is 839. The molecule has 1 unspecified atom stereocenters. The van der Waals surface area contributed by atoms with Crippen LogP contribution in [-0.2, 0) is 19.2 Å². The number of hydrogen-bond donors (Lipinski definition) is 1. The molecule has 1 aliphatic heterocycles. The van der Waals surface area contributed by atoms with E-state index in [1.807, 2.05) is 0 Å². The number of nitrogens with zero attached hydrogens (tertiary/aromatic N) is 2. The number of imide groups is 1. The summed E-state index contributed by atoms with van der Waals surface area (Å²) in [6.07, 6.45) is 8.05. The van der Waals surface area contributed by atoms with Gasteiger partial charge in [0.15, 0.2) is 0 Å². The van der Waals surface area contributed by atoms with E-state index in [1.165, 1.54) is 11.8 Å². The first-order chi connectivity index (χ1) is 14.5. The largest absolute Gasteiger partial charge is 0.327 e. The molecule has 2 aliphatic carbocycles. The van der Waals surface area contributed by atoms with Crippen molar-refractivity contribution in [2.24, 2.45) is 5.92 Å². The molecule has 1 aromatic carbocycles.